The maximum absolute atomic E-state index is 13.2. The van der Waals surface area contributed by atoms with Crippen LogP contribution in [0.3, 0.4) is 0 Å². The highest BCUT2D eigenvalue weighted by Crippen LogP contribution is 2.36. The Morgan fingerprint density at radius 1 is 1.07 bits per heavy atom. The molecule has 162 valence electrons. The molecule has 0 atom stereocenters. The first-order valence-electron chi connectivity index (χ1n) is 9.81. The van der Waals surface area contributed by atoms with Crippen molar-refractivity contribution in [1.82, 2.24) is 4.31 Å². The minimum absolute atomic E-state index is 0.195. The topological polar surface area (TPSA) is 66.9 Å². The number of rotatable bonds is 8. The molecule has 1 fully saturated rings. The Labute approximate surface area is 193 Å². The van der Waals surface area contributed by atoms with E-state index in [-0.39, 0.29) is 19.0 Å². The molecule has 0 radical (unpaired) electrons. The predicted octanol–water partition coefficient (Wildman–Crippen LogP) is 4.43. The number of hydrogen-bond acceptors (Lipinski definition) is 4. The van der Waals surface area contributed by atoms with Gasteiger partial charge in [0.2, 0.25) is 0 Å². The molecule has 30 heavy (non-hydrogen) atoms. The summed E-state index contributed by atoms with van der Waals surface area (Å²) in [5.41, 5.74) is 2.42. The Morgan fingerprint density at radius 3 is 2.40 bits per heavy atom. The van der Waals surface area contributed by atoms with Crippen LogP contribution in [0, 0.1) is 0 Å². The number of alkyl halides is 1. The molecule has 0 unspecified atom stereocenters. The Hall–Kier alpha value is -1.59. The van der Waals surface area contributed by atoms with Gasteiger partial charge in [0.05, 0.1) is 5.69 Å². The van der Waals surface area contributed by atoms with Crippen molar-refractivity contribution in [2.24, 2.45) is 0 Å². The smallest absolute Gasteiger partial charge is 0.329 e. The standard InChI is InChI=1S/C21H27IN2O4SSi/c1-30(2,3)12-11-23-21(25)15-24(29(23,26)27)19-10-9-18(14-22)13-20(19)28-16-17-7-5-4-6-8-17/h4-10,13H,11-12,14-16H2,1-3H3. The van der Waals surface area contributed by atoms with Crippen molar-refractivity contribution in [3.8, 4) is 5.75 Å². The number of carbonyl (C=O) groups excluding carboxylic acids is 1. The van der Waals surface area contributed by atoms with Gasteiger partial charge in [-0.15, -0.1) is 0 Å². The van der Waals surface area contributed by atoms with Gasteiger partial charge in [-0.25, -0.2) is 8.61 Å². The lowest BCUT2D eigenvalue weighted by Crippen LogP contribution is -2.37. The van der Waals surface area contributed by atoms with E-state index < -0.39 is 18.3 Å². The molecular formula is C21H27IN2O4SSi. The summed E-state index contributed by atoms with van der Waals surface area (Å²) < 4.78 is 35.4. The number of halogens is 1. The van der Waals surface area contributed by atoms with Crippen molar-refractivity contribution >= 4 is 52.5 Å². The molecule has 1 aliphatic heterocycles. The van der Waals surface area contributed by atoms with Gasteiger partial charge in [0.1, 0.15) is 18.9 Å². The van der Waals surface area contributed by atoms with Crippen LogP contribution in [-0.4, -0.2) is 39.8 Å². The number of nitrogens with zero attached hydrogens (tertiary/aromatic N) is 2. The second-order valence-corrected chi connectivity index (χ2v) is 16.7. The van der Waals surface area contributed by atoms with Crippen molar-refractivity contribution < 1.29 is 17.9 Å². The maximum Gasteiger partial charge on any atom is 0.329 e. The van der Waals surface area contributed by atoms with Gasteiger partial charge >= 0.3 is 10.2 Å². The highest BCUT2D eigenvalue weighted by Gasteiger charge is 2.43. The van der Waals surface area contributed by atoms with E-state index in [2.05, 4.69) is 42.2 Å². The number of carbonyl (C=O) groups is 1. The average molecular weight is 559 g/mol. The van der Waals surface area contributed by atoms with E-state index in [0.717, 1.165) is 25.9 Å². The van der Waals surface area contributed by atoms with Gasteiger partial charge in [0.15, 0.2) is 0 Å². The van der Waals surface area contributed by atoms with Crippen molar-refractivity contribution in [3.05, 3.63) is 59.7 Å². The summed E-state index contributed by atoms with van der Waals surface area (Å²) in [5, 5.41) is 0. The summed E-state index contributed by atoms with van der Waals surface area (Å²) in [7, 11) is -5.41. The normalized spacial score (nSPS) is 16.2. The zero-order chi connectivity index (χ0) is 21.9. The third kappa shape index (κ3) is 5.36. The molecule has 0 aromatic heterocycles. The average Bonchev–Trinajstić information content (AvgIpc) is 2.92. The SMILES string of the molecule is C[Si](C)(C)CCN1C(=O)CN(c2ccc(CI)cc2OCc2ccccc2)S1(=O)=O. The van der Waals surface area contributed by atoms with Crippen molar-refractivity contribution in [2.75, 3.05) is 17.4 Å². The zero-order valence-corrected chi connectivity index (χ0v) is 21.4. The zero-order valence-electron chi connectivity index (χ0n) is 17.5. The number of anilines is 1. The van der Waals surface area contributed by atoms with Crippen LogP contribution in [0.1, 0.15) is 11.1 Å². The lowest BCUT2D eigenvalue weighted by Gasteiger charge is -2.24. The molecule has 6 nitrogen and oxygen atoms in total. The van der Waals surface area contributed by atoms with Crippen molar-refractivity contribution in [2.45, 2.75) is 36.7 Å². The van der Waals surface area contributed by atoms with Crippen LogP contribution in [-0.2, 0) is 26.0 Å². The largest absolute Gasteiger partial charge is 0.487 e. The van der Waals surface area contributed by atoms with E-state index in [1.807, 2.05) is 42.5 Å². The molecule has 2 aromatic carbocycles. The summed E-state index contributed by atoms with van der Waals surface area (Å²) in [5.74, 6) is 0.0802. The molecule has 0 N–H and O–H groups in total. The number of ether oxygens (including phenoxy) is 1. The summed E-state index contributed by atoms with van der Waals surface area (Å²) in [6.45, 7) is 6.85. The Morgan fingerprint density at radius 2 is 1.77 bits per heavy atom. The monoisotopic (exact) mass is 558 g/mol. The minimum Gasteiger partial charge on any atom is -0.487 e. The molecule has 1 saturated heterocycles. The number of benzene rings is 2. The highest BCUT2D eigenvalue weighted by molar-refractivity contribution is 14.1. The molecule has 3 rings (SSSR count). The van der Waals surface area contributed by atoms with Gasteiger partial charge in [0.25, 0.3) is 5.91 Å². The van der Waals surface area contributed by atoms with Crippen LogP contribution in [0.25, 0.3) is 0 Å². The minimum atomic E-state index is -3.92. The Kier molecular flexibility index (Phi) is 7.13. The van der Waals surface area contributed by atoms with Crippen LogP contribution < -0.4 is 9.04 Å². The lowest BCUT2D eigenvalue weighted by molar-refractivity contribution is -0.123. The number of hydrogen-bond donors (Lipinski definition) is 0. The van der Waals surface area contributed by atoms with E-state index in [1.54, 1.807) is 6.07 Å². The quantitative estimate of drug-likeness (QED) is 0.273. The lowest BCUT2D eigenvalue weighted by atomic mass is 10.2. The van der Waals surface area contributed by atoms with E-state index in [0.29, 0.717) is 18.0 Å². The fourth-order valence-corrected chi connectivity index (χ4v) is 6.19. The summed E-state index contributed by atoms with van der Waals surface area (Å²) in [4.78, 5) is 12.6. The second-order valence-electron chi connectivity index (χ2n) is 8.50. The molecule has 1 aliphatic rings. The van der Waals surface area contributed by atoms with Gasteiger partial charge in [-0.05, 0) is 29.3 Å². The summed E-state index contributed by atoms with van der Waals surface area (Å²) in [6, 6.07) is 15.9. The first-order valence-corrected chi connectivity index (χ1v) is 16.4. The Balaban J connectivity index is 1.89. The number of amides is 1. The fourth-order valence-electron chi connectivity index (χ4n) is 3.12. The van der Waals surface area contributed by atoms with Gasteiger partial charge < -0.3 is 4.74 Å². The van der Waals surface area contributed by atoms with E-state index in [1.165, 1.54) is 4.31 Å². The van der Waals surface area contributed by atoms with E-state index >= 15 is 0 Å². The molecule has 1 amide bonds. The van der Waals surface area contributed by atoms with Crippen molar-refractivity contribution in [3.63, 3.8) is 0 Å². The summed E-state index contributed by atoms with van der Waals surface area (Å²) >= 11 is 2.26. The van der Waals surface area contributed by atoms with Gasteiger partial charge in [-0.3, -0.25) is 4.79 Å². The van der Waals surface area contributed by atoms with Crippen molar-refractivity contribution in [1.29, 1.82) is 0 Å². The van der Waals surface area contributed by atoms with Gasteiger partial charge in [-0.2, -0.15) is 8.42 Å². The molecule has 9 heteroatoms. The molecular weight excluding hydrogens is 531 g/mol. The molecule has 0 spiro atoms. The maximum atomic E-state index is 13.2. The molecule has 0 bridgehead atoms. The fraction of sp³-hybridized carbons (Fsp3) is 0.381. The second kappa shape index (κ2) is 9.27. The third-order valence-electron chi connectivity index (χ3n) is 4.86. The van der Waals surface area contributed by atoms with Crippen LogP contribution in [0.2, 0.25) is 25.7 Å². The van der Waals surface area contributed by atoms with Gasteiger partial charge in [-0.1, -0.05) is 78.6 Å². The van der Waals surface area contributed by atoms with Crippen LogP contribution >= 0.6 is 22.6 Å². The summed E-state index contributed by atoms with van der Waals surface area (Å²) in [6.07, 6.45) is 0. The van der Waals surface area contributed by atoms with E-state index in [4.69, 9.17) is 4.74 Å². The van der Waals surface area contributed by atoms with Crippen LogP contribution in [0.5, 0.6) is 5.75 Å². The third-order valence-corrected chi connectivity index (χ3v) is 9.29. The molecule has 2 aromatic rings. The van der Waals surface area contributed by atoms with E-state index in [9.17, 15) is 13.2 Å². The van der Waals surface area contributed by atoms with Crippen LogP contribution in [0.15, 0.2) is 48.5 Å². The first kappa shape index (κ1) is 23.1. The Bertz CT molecular complexity index is 1010. The predicted molar refractivity (Wildman–Crippen MR) is 131 cm³/mol. The molecule has 1 heterocycles. The molecule has 0 aliphatic carbocycles. The highest BCUT2D eigenvalue weighted by atomic mass is 127. The first-order chi connectivity index (χ1) is 14.1. The van der Waals surface area contributed by atoms with Crippen LogP contribution in [0.4, 0.5) is 5.69 Å². The molecule has 0 saturated carbocycles. The van der Waals surface area contributed by atoms with Gasteiger partial charge in [0, 0.05) is 19.0 Å².